The average molecular weight is 702 g/mol. The third-order valence-corrected chi connectivity index (χ3v) is 11.7. The molecule has 1 aliphatic heterocycles. The van der Waals surface area contributed by atoms with E-state index in [4.69, 9.17) is 24.2 Å². The second kappa shape index (κ2) is 14.7. The Bertz CT molecular complexity index is 2010. The molecule has 6 aromatic rings. The van der Waals surface area contributed by atoms with Gasteiger partial charge in [0.15, 0.2) is 5.65 Å². The Morgan fingerprint density at radius 3 is 2.33 bits per heavy atom. The predicted molar refractivity (Wildman–Crippen MR) is 199 cm³/mol. The van der Waals surface area contributed by atoms with Gasteiger partial charge in [-0.2, -0.15) is 0 Å². The fourth-order valence-corrected chi connectivity index (χ4v) is 8.96. The zero-order valence-corrected chi connectivity index (χ0v) is 29.5. The SMILES string of the molecule is COc1ccc(C(OC[C@H]2O[C@@H](n3cnc4c(-c5ccc(CC6CCCC6)s5)ccnc43)C[C@H]2O)(c2ccccc2)c2ccc(CO)cc2)cc1. The van der Waals surface area contributed by atoms with E-state index >= 15 is 0 Å². The lowest BCUT2D eigenvalue weighted by Gasteiger charge is -2.37. The van der Waals surface area contributed by atoms with E-state index < -0.39 is 24.0 Å². The van der Waals surface area contributed by atoms with E-state index in [0.717, 1.165) is 57.1 Å². The first-order chi connectivity index (χ1) is 25.1. The molecular weight excluding hydrogens is 659 g/mol. The molecule has 8 rings (SSSR count). The van der Waals surface area contributed by atoms with E-state index in [1.54, 1.807) is 13.4 Å². The summed E-state index contributed by atoms with van der Waals surface area (Å²) in [5, 5.41) is 21.2. The summed E-state index contributed by atoms with van der Waals surface area (Å²) in [6.45, 7) is 0.0597. The molecule has 2 aliphatic rings. The average Bonchev–Trinajstić information content (AvgIpc) is 4.01. The van der Waals surface area contributed by atoms with Crippen molar-refractivity contribution in [3.8, 4) is 16.2 Å². The van der Waals surface area contributed by atoms with Crippen LogP contribution in [0.3, 0.4) is 0 Å². The number of hydrogen-bond acceptors (Lipinski definition) is 8. The summed E-state index contributed by atoms with van der Waals surface area (Å²) in [5.74, 6) is 1.54. The summed E-state index contributed by atoms with van der Waals surface area (Å²) < 4.78 is 21.0. The van der Waals surface area contributed by atoms with Crippen LogP contribution in [0.5, 0.6) is 5.75 Å². The van der Waals surface area contributed by atoms with Crippen LogP contribution in [-0.4, -0.2) is 50.7 Å². The van der Waals surface area contributed by atoms with Crippen molar-refractivity contribution in [1.29, 1.82) is 0 Å². The molecule has 0 radical (unpaired) electrons. The summed E-state index contributed by atoms with van der Waals surface area (Å²) in [4.78, 5) is 12.2. The number of imidazole rings is 1. The molecule has 2 N–H and O–H groups in total. The fraction of sp³-hybridized carbons (Fsp3) is 0.333. The van der Waals surface area contributed by atoms with Gasteiger partial charge in [-0.15, -0.1) is 11.3 Å². The number of fused-ring (bicyclic) bond motifs is 1. The smallest absolute Gasteiger partial charge is 0.162 e. The number of nitrogens with zero attached hydrogens (tertiary/aromatic N) is 3. The molecule has 4 heterocycles. The number of thiophene rings is 1. The predicted octanol–water partition coefficient (Wildman–Crippen LogP) is 8.05. The monoisotopic (exact) mass is 701 g/mol. The van der Waals surface area contributed by atoms with E-state index in [0.29, 0.717) is 6.42 Å². The Morgan fingerprint density at radius 1 is 0.882 bits per heavy atom. The summed E-state index contributed by atoms with van der Waals surface area (Å²) in [5.41, 5.74) is 5.10. The molecule has 9 heteroatoms. The zero-order chi connectivity index (χ0) is 34.8. The van der Waals surface area contributed by atoms with Crippen molar-refractivity contribution in [1.82, 2.24) is 14.5 Å². The van der Waals surface area contributed by atoms with Crippen LogP contribution in [0.15, 0.2) is 110 Å². The molecule has 2 fully saturated rings. The van der Waals surface area contributed by atoms with Gasteiger partial charge in [-0.25, -0.2) is 9.97 Å². The highest BCUT2D eigenvalue weighted by Gasteiger charge is 2.42. The van der Waals surface area contributed by atoms with Crippen LogP contribution in [0, 0.1) is 5.92 Å². The minimum atomic E-state index is -1.04. The molecule has 4 atom stereocenters. The fourth-order valence-electron chi connectivity index (χ4n) is 7.81. The van der Waals surface area contributed by atoms with Crippen molar-refractivity contribution in [3.05, 3.63) is 137 Å². The molecule has 3 aromatic heterocycles. The maximum absolute atomic E-state index is 11.4. The number of ether oxygens (including phenoxy) is 3. The van der Waals surface area contributed by atoms with Crippen LogP contribution in [-0.2, 0) is 28.1 Å². The molecule has 0 amide bonds. The van der Waals surface area contributed by atoms with E-state index in [-0.39, 0.29) is 13.2 Å². The van der Waals surface area contributed by atoms with Gasteiger partial charge in [0.1, 0.15) is 29.2 Å². The van der Waals surface area contributed by atoms with Gasteiger partial charge in [0, 0.05) is 27.9 Å². The molecule has 1 saturated carbocycles. The normalized spacial score (nSPS) is 20.6. The molecule has 1 unspecified atom stereocenters. The molecule has 1 aliphatic carbocycles. The lowest BCUT2D eigenvalue weighted by Crippen LogP contribution is -2.38. The van der Waals surface area contributed by atoms with Crippen molar-refractivity contribution < 1.29 is 24.4 Å². The minimum Gasteiger partial charge on any atom is -0.497 e. The largest absolute Gasteiger partial charge is 0.497 e. The molecule has 8 nitrogen and oxygen atoms in total. The molecule has 262 valence electrons. The number of aromatic nitrogens is 3. The maximum atomic E-state index is 11.4. The van der Waals surface area contributed by atoms with Crippen LogP contribution in [0.1, 0.15) is 65.5 Å². The summed E-state index contributed by atoms with van der Waals surface area (Å²) in [7, 11) is 1.65. The van der Waals surface area contributed by atoms with Crippen molar-refractivity contribution in [3.63, 3.8) is 0 Å². The van der Waals surface area contributed by atoms with Gasteiger partial charge in [0.2, 0.25) is 0 Å². The molecule has 3 aromatic carbocycles. The highest BCUT2D eigenvalue weighted by atomic mass is 32.1. The first-order valence-corrected chi connectivity index (χ1v) is 18.7. The van der Waals surface area contributed by atoms with Gasteiger partial charge in [-0.1, -0.05) is 92.4 Å². The topological polar surface area (TPSA) is 98.9 Å². The number of pyridine rings is 1. The van der Waals surface area contributed by atoms with E-state index in [9.17, 15) is 10.2 Å². The first kappa shape index (κ1) is 33.7. The summed E-state index contributed by atoms with van der Waals surface area (Å²) >= 11 is 1.85. The lowest BCUT2D eigenvalue weighted by atomic mass is 9.79. The van der Waals surface area contributed by atoms with Crippen molar-refractivity contribution in [2.45, 2.75) is 69.2 Å². The number of aliphatic hydroxyl groups excluding tert-OH is 2. The van der Waals surface area contributed by atoms with Gasteiger partial charge in [0.25, 0.3) is 0 Å². The molecule has 51 heavy (non-hydrogen) atoms. The Kier molecular flexibility index (Phi) is 9.72. The molecular formula is C42H43N3O5S. The maximum Gasteiger partial charge on any atom is 0.162 e. The van der Waals surface area contributed by atoms with Gasteiger partial charge in [-0.3, -0.25) is 4.57 Å². The molecule has 1 saturated heterocycles. The Morgan fingerprint density at radius 2 is 1.61 bits per heavy atom. The number of methoxy groups -OCH3 is 1. The van der Waals surface area contributed by atoms with Crippen molar-refractivity contribution >= 4 is 22.5 Å². The van der Waals surface area contributed by atoms with Gasteiger partial charge in [-0.05, 0) is 64.9 Å². The second-order valence-electron chi connectivity index (χ2n) is 13.7. The van der Waals surface area contributed by atoms with E-state index in [1.165, 1.54) is 35.4 Å². The Labute approximate surface area is 302 Å². The van der Waals surface area contributed by atoms with Crippen molar-refractivity contribution in [2.24, 2.45) is 5.92 Å². The summed E-state index contributed by atoms with van der Waals surface area (Å²) in [6.07, 6.45) is 8.69. The van der Waals surface area contributed by atoms with Crippen LogP contribution < -0.4 is 4.74 Å². The highest BCUT2D eigenvalue weighted by Crippen LogP contribution is 2.43. The van der Waals surface area contributed by atoms with Gasteiger partial charge >= 0.3 is 0 Å². The van der Waals surface area contributed by atoms with Gasteiger partial charge in [0.05, 0.1) is 32.8 Å². The van der Waals surface area contributed by atoms with Crippen molar-refractivity contribution in [2.75, 3.05) is 13.7 Å². The molecule has 0 spiro atoms. The number of hydrogen-bond donors (Lipinski definition) is 2. The van der Waals surface area contributed by atoms with Crippen LogP contribution in [0.2, 0.25) is 0 Å². The number of benzene rings is 3. The van der Waals surface area contributed by atoms with E-state index in [1.807, 2.05) is 107 Å². The Balaban J connectivity index is 1.07. The van der Waals surface area contributed by atoms with Crippen LogP contribution in [0.25, 0.3) is 21.6 Å². The Hall–Kier alpha value is -4.38. The second-order valence-corrected chi connectivity index (χ2v) is 14.8. The quantitative estimate of drug-likeness (QED) is 0.125. The van der Waals surface area contributed by atoms with Crippen LogP contribution in [0.4, 0.5) is 0 Å². The first-order valence-electron chi connectivity index (χ1n) is 17.8. The minimum absolute atomic E-state index is 0.0560. The standard InChI is InChI=1S/C42H43N3O5S/c1-48-33-17-15-32(16-18-33)42(30-9-3-2-4-10-30,31-13-11-29(25-46)12-14-31)49-26-37-36(47)24-39(50-37)45-27-44-40-35(21-22-43-41(40)45)38-20-19-34(51-38)23-28-7-5-6-8-28/h2-4,9-22,27-28,36-37,39,46-47H,5-8,23-26H2,1H3/t36-,37-,39-,42?/m1/s1. The van der Waals surface area contributed by atoms with Crippen LogP contribution >= 0.6 is 11.3 Å². The zero-order valence-electron chi connectivity index (χ0n) is 28.7. The van der Waals surface area contributed by atoms with E-state index in [2.05, 4.69) is 12.1 Å². The third-order valence-electron chi connectivity index (χ3n) is 10.6. The van der Waals surface area contributed by atoms with Gasteiger partial charge < -0.3 is 24.4 Å². The number of rotatable bonds is 12. The lowest BCUT2D eigenvalue weighted by molar-refractivity contribution is -0.0931. The third kappa shape index (κ3) is 6.61. The number of aliphatic hydroxyl groups is 2. The summed E-state index contributed by atoms with van der Waals surface area (Å²) in [6, 6.07) is 32.3. The molecule has 0 bridgehead atoms. The highest BCUT2D eigenvalue weighted by molar-refractivity contribution is 7.15.